The van der Waals surface area contributed by atoms with E-state index in [1.165, 1.54) is 29.1 Å². The molecule has 0 saturated heterocycles. The van der Waals surface area contributed by atoms with E-state index < -0.39 is 0 Å². The summed E-state index contributed by atoms with van der Waals surface area (Å²) in [6.07, 6.45) is 2.43. The molecule has 0 bridgehead atoms. The monoisotopic (exact) mass is 313 g/mol. The summed E-state index contributed by atoms with van der Waals surface area (Å²) in [6, 6.07) is 8.81. The molecule has 1 aliphatic heterocycles. The Bertz CT molecular complexity index is 356. The maximum absolute atomic E-state index is 3.67. The summed E-state index contributed by atoms with van der Waals surface area (Å²) in [6.45, 7) is 4.46. The summed E-state index contributed by atoms with van der Waals surface area (Å²) in [5.74, 6) is 1.93. The summed E-state index contributed by atoms with van der Waals surface area (Å²) in [7, 11) is 0. The van der Waals surface area contributed by atoms with E-state index in [0.29, 0.717) is 10.7 Å². The third-order valence-electron chi connectivity index (χ3n) is 3.27. The molecule has 1 aromatic rings. The maximum atomic E-state index is 3.67. The van der Waals surface area contributed by atoms with E-state index in [0.717, 1.165) is 13.1 Å². The summed E-state index contributed by atoms with van der Waals surface area (Å²) in [5, 5.41) is 3.59. The highest BCUT2D eigenvalue weighted by atomic mass is 79.9. The molecule has 0 spiro atoms. The van der Waals surface area contributed by atoms with Gasteiger partial charge >= 0.3 is 0 Å². The van der Waals surface area contributed by atoms with Gasteiger partial charge in [0, 0.05) is 27.9 Å². The van der Waals surface area contributed by atoms with Gasteiger partial charge in [-0.1, -0.05) is 41.1 Å². The van der Waals surface area contributed by atoms with Crippen molar-refractivity contribution in [2.45, 2.75) is 35.4 Å². The first-order valence-corrected chi connectivity index (χ1v) is 8.28. The van der Waals surface area contributed by atoms with E-state index in [4.69, 9.17) is 0 Å². The van der Waals surface area contributed by atoms with E-state index in [2.05, 4.69) is 52.4 Å². The van der Waals surface area contributed by atoms with E-state index >= 15 is 0 Å². The van der Waals surface area contributed by atoms with Crippen LogP contribution in [-0.4, -0.2) is 23.7 Å². The smallest absolute Gasteiger partial charge is 0.0155 e. The second-order valence-electron chi connectivity index (χ2n) is 4.54. The van der Waals surface area contributed by atoms with Crippen LogP contribution in [0, 0.1) is 0 Å². The number of nitrogens with one attached hydrogen (secondary N) is 1. The first-order chi connectivity index (χ1) is 8.31. The molecule has 3 heteroatoms. The lowest BCUT2D eigenvalue weighted by Crippen LogP contribution is -2.24. The Morgan fingerprint density at radius 2 is 2.29 bits per heavy atom. The summed E-state index contributed by atoms with van der Waals surface area (Å²) < 4.78 is 0. The molecule has 0 aliphatic carbocycles. The zero-order chi connectivity index (χ0) is 12.1. The molecule has 2 rings (SSSR count). The minimum Gasteiger partial charge on any atom is -0.316 e. The standard InChI is InChI=1S/C14H20BrNS/c1-2-12(15)7-8-16-9-11-10-17-14-6-4-3-5-13(11)14/h3-6,11-12,16H,2,7-10H2,1H3. The largest absolute Gasteiger partial charge is 0.316 e. The number of hydrogen-bond donors (Lipinski definition) is 1. The molecule has 0 radical (unpaired) electrons. The minimum absolute atomic E-state index is 0.667. The Morgan fingerprint density at radius 1 is 1.47 bits per heavy atom. The first kappa shape index (κ1) is 13.4. The maximum Gasteiger partial charge on any atom is 0.0155 e. The molecule has 2 unspecified atom stereocenters. The van der Waals surface area contributed by atoms with Gasteiger partial charge in [0.2, 0.25) is 0 Å². The fourth-order valence-corrected chi connectivity index (χ4v) is 3.62. The highest BCUT2D eigenvalue weighted by Gasteiger charge is 2.21. The van der Waals surface area contributed by atoms with Gasteiger partial charge in [-0.3, -0.25) is 0 Å². The fourth-order valence-electron chi connectivity index (χ4n) is 2.14. The van der Waals surface area contributed by atoms with E-state index in [9.17, 15) is 0 Å². The molecule has 0 amide bonds. The predicted molar refractivity (Wildman–Crippen MR) is 80.4 cm³/mol. The molecular weight excluding hydrogens is 294 g/mol. The zero-order valence-electron chi connectivity index (χ0n) is 10.3. The molecule has 1 N–H and O–H groups in total. The fraction of sp³-hybridized carbons (Fsp3) is 0.571. The molecule has 2 atom stereocenters. The van der Waals surface area contributed by atoms with Crippen LogP contribution in [-0.2, 0) is 0 Å². The van der Waals surface area contributed by atoms with Gasteiger partial charge in [-0.25, -0.2) is 0 Å². The molecule has 0 saturated carbocycles. The van der Waals surface area contributed by atoms with Gasteiger partial charge in [0.05, 0.1) is 0 Å². The van der Waals surface area contributed by atoms with E-state index in [1.807, 2.05) is 11.8 Å². The minimum atomic E-state index is 0.667. The average Bonchev–Trinajstić information content (AvgIpc) is 2.78. The number of fused-ring (bicyclic) bond motifs is 1. The highest BCUT2D eigenvalue weighted by Crippen LogP contribution is 2.38. The Morgan fingerprint density at radius 3 is 3.12 bits per heavy atom. The first-order valence-electron chi connectivity index (χ1n) is 6.37. The van der Waals surface area contributed by atoms with Crippen molar-refractivity contribution >= 4 is 27.7 Å². The number of hydrogen-bond acceptors (Lipinski definition) is 2. The Kier molecular flexibility index (Phi) is 5.39. The van der Waals surface area contributed by atoms with Gasteiger partial charge in [-0.05, 0) is 31.0 Å². The molecule has 1 heterocycles. The number of thioether (sulfide) groups is 1. The van der Waals surface area contributed by atoms with Crippen molar-refractivity contribution in [3.05, 3.63) is 29.8 Å². The molecular formula is C14H20BrNS. The van der Waals surface area contributed by atoms with Crippen molar-refractivity contribution in [3.63, 3.8) is 0 Å². The zero-order valence-corrected chi connectivity index (χ0v) is 12.7. The van der Waals surface area contributed by atoms with Gasteiger partial charge in [0.15, 0.2) is 0 Å². The number of rotatable bonds is 6. The van der Waals surface area contributed by atoms with Gasteiger partial charge in [-0.2, -0.15) is 0 Å². The lowest BCUT2D eigenvalue weighted by Gasteiger charge is -2.13. The van der Waals surface area contributed by atoms with Crippen molar-refractivity contribution in [3.8, 4) is 0 Å². The van der Waals surface area contributed by atoms with E-state index in [-0.39, 0.29) is 0 Å². The van der Waals surface area contributed by atoms with Gasteiger partial charge in [0.1, 0.15) is 0 Å². The van der Waals surface area contributed by atoms with Crippen molar-refractivity contribution in [1.82, 2.24) is 5.32 Å². The Labute approximate surface area is 117 Å². The van der Waals surface area contributed by atoms with Gasteiger partial charge in [-0.15, -0.1) is 11.8 Å². The normalized spacial score (nSPS) is 20.2. The Hall–Kier alpha value is 0.0100. The van der Waals surface area contributed by atoms with Crippen molar-refractivity contribution < 1.29 is 0 Å². The highest BCUT2D eigenvalue weighted by molar-refractivity contribution is 9.09. The number of benzene rings is 1. The SMILES string of the molecule is CCC(Br)CCNCC1CSc2ccccc21. The van der Waals surface area contributed by atoms with Crippen LogP contribution in [0.4, 0.5) is 0 Å². The number of halogens is 1. The Balaban J connectivity index is 1.75. The van der Waals surface area contributed by atoms with Crippen LogP contribution in [0.15, 0.2) is 29.2 Å². The van der Waals surface area contributed by atoms with E-state index in [1.54, 1.807) is 0 Å². The second kappa shape index (κ2) is 6.81. The van der Waals surface area contributed by atoms with Crippen molar-refractivity contribution in [2.75, 3.05) is 18.8 Å². The third kappa shape index (κ3) is 3.73. The molecule has 1 nitrogen and oxygen atoms in total. The quantitative estimate of drug-likeness (QED) is 0.628. The summed E-state index contributed by atoms with van der Waals surface area (Å²) >= 11 is 5.67. The van der Waals surface area contributed by atoms with Crippen LogP contribution in [0.25, 0.3) is 0 Å². The van der Waals surface area contributed by atoms with Crippen LogP contribution in [0.3, 0.4) is 0 Å². The van der Waals surface area contributed by atoms with Crippen LogP contribution in [0.5, 0.6) is 0 Å². The second-order valence-corrected chi connectivity index (χ2v) is 6.90. The van der Waals surface area contributed by atoms with Gasteiger partial charge < -0.3 is 5.32 Å². The molecule has 1 aromatic carbocycles. The van der Waals surface area contributed by atoms with Crippen LogP contribution < -0.4 is 5.32 Å². The number of alkyl halides is 1. The van der Waals surface area contributed by atoms with Crippen LogP contribution in [0.2, 0.25) is 0 Å². The summed E-state index contributed by atoms with van der Waals surface area (Å²) in [4.78, 5) is 2.14. The topological polar surface area (TPSA) is 12.0 Å². The summed E-state index contributed by atoms with van der Waals surface area (Å²) in [5.41, 5.74) is 1.54. The predicted octanol–water partition coefficient (Wildman–Crippen LogP) is 4.03. The van der Waals surface area contributed by atoms with Crippen molar-refractivity contribution in [1.29, 1.82) is 0 Å². The molecule has 0 aromatic heterocycles. The average molecular weight is 314 g/mol. The lowest BCUT2D eigenvalue weighted by molar-refractivity contribution is 0.591. The van der Waals surface area contributed by atoms with Crippen molar-refractivity contribution in [2.24, 2.45) is 0 Å². The third-order valence-corrected chi connectivity index (χ3v) is 5.62. The molecule has 1 aliphatic rings. The lowest BCUT2D eigenvalue weighted by atomic mass is 10.0. The molecule has 17 heavy (non-hydrogen) atoms. The molecule has 94 valence electrons. The van der Waals surface area contributed by atoms with Crippen LogP contribution >= 0.6 is 27.7 Å². The van der Waals surface area contributed by atoms with Crippen LogP contribution in [0.1, 0.15) is 31.2 Å². The van der Waals surface area contributed by atoms with Gasteiger partial charge in [0.25, 0.3) is 0 Å². The molecule has 0 fully saturated rings.